The molecule has 0 saturated carbocycles. The molecule has 2 aromatic rings. The number of aromatic nitrogens is 1. The van der Waals surface area contributed by atoms with Crippen molar-refractivity contribution in [2.75, 3.05) is 14.2 Å². The van der Waals surface area contributed by atoms with Crippen molar-refractivity contribution in [2.24, 2.45) is 0 Å². The smallest absolute Gasteiger partial charge is 0.285 e. The van der Waals surface area contributed by atoms with Crippen LogP contribution in [0.4, 0.5) is 0 Å². The molecule has 7 heteroatoms. The lowest BCUT2D eigenvalue weighted by molar-refractivity contribution is -0.101. The van der Waals surface area contributed by atoms with Crippen LogP contribution in [0.15, 0.2) is 36.5 Å². The first-order valence-corrected chi connectivity index (χ1v) is 6.84. The minimum Gasteiger partial charge on any atom is -0.496 e. The first-order chi connectivity index (χ1) is 11.2. The van der Waals surface area contributed by atoms with Crippen LogP contribution in [0.1, 0.15) is 26.3 Å². The molecule has 0 atom stereocenters. The molecule has 1 aromatic heterocycles. The van der Waals surface area contributed by atoms with E-state index < -0.39 is 11.8 Å². The number of methoxy groups -OCH3 is 2. The Labute approximate surface area is 132 Å². The lowest BCUT2D eigenvalue weighted by Gasteiger charge is -2.16. The van der Waals surface area contributed by atoms with Gasteiger partial charge in [-0.15, -0.1) is 5.06 Å². The number of carbonyl (C=O) groups is 2. The van der Waals surface area contributed by atoms with Gasteiger partial charge in [-0.25, -0.2) is 4.98 Å². The van der Waals surface area contributed by atoms with Gasteiger partial charge in [-0.05, 0) is 18.2 Å². The maximum absolute atomic E-state index is 12.2. The maximum Gasteiger partial charge on any atom is 0.285 e. The summed E-state index contributed by atoms with van der Waals surface area (Å²) in [5, 5.41) is 0.747. The van der Waals surface area contributed by atoms with Crippen molar-refractivity contribution >= 4 is 11.8 Å². The molecule has 1 aromatic carbocycles. The summed E-state index contributed by atoms with van der Waals surface area (Å²) in [4.78, 5) is 34.0. The van der Waals surface area contributed by atoms with Gasteiger partial charge in [0, 0.05) is 6.20 Å². The molecule has 0 saturated heterocycles. The van der Waals surface area contributed by atoms with Gasteiger partial charge < -0.3 is 9.47 Å². The predicted molar refractivity (Wildman–Crippen MR) is 79.1 cm³/mol. The number of carbonyl (C=O) groups excluding carboxylic acids is 2. The zero-order chi connectivity index (χ0) is 16.4. The van der Waals surface area contributed by atoms with Gasteiger partial charge in [-0.2, -0.15) is 0 Å². The van der Waals surface area contributed by atoms with E-state index in [4.69, 9.17) is 14.3 Å². The summed E-state index contributed by atoms with van der Waals surface area (Å²) >= 11 is 0. The third-order valence-electron chi connectivity index (χ3n) is 3.48. The number of nitrogens with zero attached hydrogens (tertiary/aromatic N) is 2. The minimum atomic E-state index is -0.493. The van der Waals surface area contributed by atoms with E-state index in [0.717, 1.165) is 5.06 Å². The third kappa shape index (κ3) is 2.51. The molecule has 7 nitrogen and oxygen atoms in total. The fourth-order valence-corrected chi connectivity index (χ4v) is 2.37. The molecular formula is C16H14N2O5. The predicted octanol–water partition coefficient (Wildman–Crippen LogP) is 1.83. The Balaban J connectivity index is 1.83. The minimum absolute atomic E-state index is 0.0916. The highest BCUT2D eigenvalue weighted by molar-refractivity contribution is 6.20. The number of ether oxygens (including phenoxy) is 2. The molecular weight excluding hydrogens is 300 g/mol. The van der Waals surface area contributed by atoms with Crippen LogP contribution in [0.5, 0.6) is 11.6 Å². The molecule has 0 unspecified atom stereocenters. The van der Waals surface area contributed by atoms with E-state index in [1.807, 2.05) is 0 Å². The summed E-state index contributed by atoms with van der Waals surface area (Å²) in [6, 6.07) is 8.21. The zero-order valence-corrected chi connectivity index (χ0v) is 12.6. The molecule has 0 N–H and O–H groups in total. The number of hydrogen-bond acceptors (Lipinski definition) is 6. The maximum atomic E-state index is 12.2. The van der Waals surface area contributed by atoms with Gasteiger partial charge in [0.05, 0.1) is 30.9 Å². The van der Waals surface area contributed by atoms with Crippen molar-refractivity contribution < 1.29 is 23.9 Å². The quantitative estimate of drug-likeness (QED) is 0.784. The van der Waals surface area contributed by atoms with Gasteiger partial charge in [0.15, 0.2) is 0 Å². The van der Waals surface area contributed by atoms with Gasteiger partial charge in [0.2, 0.25) is 5.88 Å². The van der Waals surface area contributed by atoms with Crippen molar-refractivity contribution in [3.63, 3.8) is 0 Å². The third-order valence-corrected chi connectivity index (χ3v) is 3.48. The molecule has 0 aliphatic carbocycles. The Bertz CT molecular complexity index is 718. The molecule has 1 aliphatic heterocycles. The molecule has 1 aliphatic rings. The number of fused-ring (bicyclic) bond motifs is 1. The van der Waals surface area contributed by atoms with Gasteiger partial charge in [0.25, 0.3) is 11.8 Å². The number of hydrogen-bond donors (Lipinski definition) is 0. The molecule has 2 amide bonds. The second kappa shape index (κ2) is 6.05. The van der Waals surface area contributed by atoms with E-state index in [1.165, 1.54) is 20.4 Å². The van der Waals surface area contributed by atoms with Gasteiger partial charge in [-0.1, -0.05) is 12.1 Å². The van der Waals surface area contributed by atoms with E-state index in [-0.39, 0.29) is 6.61 Å². The largest absolute Gasteiger partial charge is 0.496 e. The number of hydroxylamine groups is 2. The van der Waals surface area contributed by atoms with Crippen LogP contribution < -0.4 is 9.47 Å². The summed E-state index contributed by atoms with van der Waals surface area (Å²) in [5.74, 6) is -0.186. The first kappa shape index (κ1) is 15.0. The Hall–Kier alpha value is -2.93. The molecule has 0 radical (unpaired) electrons. The molecule has 23 heavy (non-hydrogen) atoms. The number of rotatable bonds is 5. The second-order valence-electron chi connectivity index (χ2n) is 4.72. The lowest BCUT2D eigenvalue weighted by atomic mass is 10.1. The number of imide groups is 1. The van der Waals surface area contributed by atoms with E-state index in [0.29, 0.717) is 28.3 Å². The second-order valence-corrected chi connectivity index (χ2v) is 4.72. The highest BCUT2D eigenvalue weighted by atomic mass is 16.7. The van der Waals surface area contributed by atoms with E-state index in [2.05, 4.69) is 4.98 Å². The van der Waals surface area contributed by atoms with Crippen LogP contribution >= 0.6 is 0 Å². The number of amides is 2. The first-order valence-electron chi connectivity index (χ1n) is 6.84. The van der Waals surface area contributed by atoms with Crippen molar-refractivity contribution in [3.05, 3.63) is 53.2 Å². The highest BCUT2D eigenvalue weighted by Gasteiger charge is 2.36. The molecule has 2 heterocycles. The van der Waals surface area contributed by atoms with E-state index in [1.54, 1.807) is 30.3 Å². The summed E-state index contributed by atoms with van der Waals surface area (Å²) in [5.41, 5.74) is 1.15. The molecule has 0 fully saturated rings. The fourth-order valence-electron chi connectivity index (χ4n) is 2.37. The van der Waals surface area contributed by atoms with Crippen LogP contribution in [0.2, 0.25) is 0 Å². The van der Waals surface area contributed by atoms with E-state index in [9.17, 15) is 9.59 Å². The Morgan fingerprint density at radius 3 is 2.22 bits per heavy atom. The number of pyridine rings is 1. The number of benzene rings is 1. The molecule has 0 bridgehead atoms. The molecule has 0 spiro atoms. The molecule has 3 rings (SSSR count). The van der Waals surface area contributed by atoms with Crippen molar-refractivity contribution in [2.45, 2.75) is 6.61 Å². The summed E-state index contributed by atoms with van der Waals surface area (Å²) < 4.78 is 10.4. The van der Waals surface area contributed by atoms with Gasteiger partial charge in [0.1, 0.15) is 12.4 Å². The zero-order valence-electron chi connectivity index (χ0n) is 12.6. The summed E-state index contributed by atoms with van der Waals surface area (Å²) in [7, 11) is 2.97. The average Bonchev–Trinajstić information content (AvgIpc) is 2.84. The standard InChI is InChI=1S/C16H14N2O5/c1-21-13-7-8-17-14(22-2)12(13)9-23-18-15(19)10-5-3-4-6-11(10)16(18)20/h3-8H,9H2,1-2H3. The van der Waals surface area contributed by atoms with Crippen molar-refractivity contribution in [1.29, 1.82) is 0 Å². The van der Waals surface area contributed by atoms with E-state index >= 15 is 0 Å². The monoisotopic (exact) mass is 314 g/mol. The van der Waals surface area contributed by atoms with Crippen LogP contribution in [0, 0.1) is 0 Å². The summed E-state index contributed by atoms with van der Waals surface area (Å²) in [6.07, 6.45) is 1.53. The Kier molecular flexibility index (Phi) is 3.94. The highest BCUT2D eigenvalue weighted by Crippen LogP contribution is 2.29. The van der Waals surface area contributed by atoms with Crippen LogP contribution in [0.25, 0.3) is 0 Å². The van der Waals surface area contributed by atoms with Crippen LogP contribution in [-0.2, 0) is 11.4 Å². The Morgan fingerprint density at radius 2 is 1.65 bits per heavy atom. The molecule has 118 valence electrons. The normalized spacial score (nSPS) is 13.2. The Morgan fingerprint density at radius 1 is 1.00 bits per heavy atom. The van der Waals surface area contributed by atoms with Gasteiger partial charge >= 0.3 is 0 Å². The van der Waals surface area contributed by atoms with Gasteiger partial charge in [-0.3, -0.25) is 14.4 Å². The summed E-state index contributed by atoms with van der Waals surface area (Å²) in [6.45, 7) is -0.0916. The van der Waals surface area contributed by atoms with Crippen LogP contribution in [-0.4, -0.2) is 36.1 Å². The average molecular weight is 314 g/mol. The fraction of sp³-hybridized carbons (Fsp3) is 0.188. The van der Waals surface area contributed by atoms with Crippen molar-refractivity contribution in [3.8, 4) is 11.6 Å². The SMILES string of the molecule is COc1ccnc(OC)c1CON1C(=O)c2ccccc2C1=O. The van der Waals surface area contributed by atoms with Crippen molar-refractivity contribution in [1.82, 2.24) is 10.0 Å². The lowest BCUT2D eigenvalue weighted by Crippen LogP contribution is -2.29. The van der Waals surface area contributed by atoms with Crippen LogP contribution in [0.3, 0.4) is 0 Å². The topological polar surface area (TPSA) is 78.0 Å².